The molecule has 2 rings (SSSR count). The molecule has 0 saturated heterocycles. The van der Waals surface area contributed by atoms with Crippen LogP contribution >= 0.6 is 0 Å². The normalized spacial score (nSPS) is 10.7. The second-order valence-corrected chi connectivity index (χ2v) is 3.67. The molecule has 0 unspecified atom stereocenters. The Hall–Kier alpha value is -1.95. The number of nitrogens with one attached hydrogen (secondary N) is 1. The van der Waals surface area contributed by atoms with Crippen molar-refractivity contribution in [3.63, 3.8) is 0 Å². The fraction of sp³-hybridized carbons (Fsp3) is 0.364. The monoisotopic (exact) mass is 233 g/mol. The molecule has 3 N–H and O–H groups in total. The van der Waals surface area contributed by atoms with Crippen molar-refractivity contribution >= 4 is 22.5 Å². The molecule has 0 aliphatic heterocycles. The Balaban J connectivity index is 2.39. The molecule has 0 amide bonds. The van der Waals surface area contributed by atoms with E-state index in [1.807, 2.05) is 6.92 Å². The van der Waals surface area contributed by atoms with Crippen LogP contribution in [0.3, 0.4) is 0 Å². The summed E-state index contributed by atoms with van der Waals surface area (Å²) in [5.41, 5.74) is 6.43. The van der Waals surface area contributed by atoms with E-state index in [2.05, 4.69) is 20.3 Å². The van der Waals surface area contributed by atoms with E-state index in [1.165, 1.54) is 0 Å². The topological polar surface area (TPSA) is 86.0 Å². The zero-order valence-electron chi connectivity index (χ0n) is 9.90. The summed E-state index contributed by atoms with van der Waals surface area (Å²) in [6.45, 7) is 3.15. The first-order valence-corrected chi connectivity index (χ1v) is 5.33. The maximum atomic E-state index is 5.63. The van der Waals surface area contributed by atoms with Crippen LogP contribution in [-0.4, -0.2) is 35.2 Å². The van der Waals surface area contributed by atoms with Gasteiger partial charge in [-0.1, -0.05) is 0 Å². The Morgan fingerprint density at radius 3 is 3.00 bits per heavy atom. The Kier molecular flexibility index (Phi) is 3.34. The number of aromatic nitrogens is 3. The smallest absolute Gasteiger partial charge is 0.139 e. The molecule has 0 aromatic carbocycles. The lowest BCUT2D eigenvalue weighted by Crippen LogP contribution is -2.10. The summed E-state index contributed by atoms with van der Waals surface area (Å²) in [5.74, 6) is 1.92. The second-order valence-electron chi connectivity index (χ2n) is 3.67. The summed E-state index contributed by atoms with van der Waals surface area (Å²) in [6.07, 6.45) is 1.68. The van der Waals surface area contributed by atoms with Gasteiger partial charge in [0, 0.05) is 25.9 Å². The van der Waals surface area contributed by atoms with Gasteiger partial charge in [-0.2, -0.15) is 0 Å². The van der Waals surface area contributed by atoms with Crippen LogP contribution in [0.1, 0.15) is 5.82 Å². The number of hydrogen-bond donors (Lipinski definition) is 2. The number of nitrogen functional groups attached to an aromatic ring is 1. The number of pyridine rings is 1. The van der Waals surface area contributed by atoms with Crippen LogP contribution in [0, 0.1) is 6.92 Å². The van der Waals surface area contributed by atoms with Crippen molar-refractivity contribution in [2.75, 3.05) is 31.3 Å². The van der Waals surface area contributed by atoms with Gasteiger partial charge in [-0.3, -0.25) is 0 Å². The summed E-state index contributed by atoms with van der Waals surface area (Å²) < 4.78 is 4.98. The van der Waals surface area contributed by atoms with Crippen LogP contribution in [0.15, 0.2) is 12.3 Å². The molecule has 0 aliphatic carbocycles. The lowest BCUT2D eigenvalue weighted by atomic mass is 10.3. The summed E-state index contributed by atoms with van der Waals surface area (Å²) >= 11 is 0. The van der Waals surface area contributed by atoms with Crippen molar-refractivity contribution in [1.29, 1.82) is 0 Å². The van der Waals surface area contributed by atoms with Gasteiger partial charge in [0.25, 0.3) is 0 Å². The predicted molar refractivity (Wildman–Crippen MR) is 66.8 cm³/mol. The summed E-state index contributed by atoms with van der Waals surface area (Å²) in [7, 11) is 1.66. The van der Waals surface area contributed by atoms with Gasteiger partial charge in [-0.25, -0.2) is 15.0 Å². The van der Waals surface area contributed by atoms with Crippen molar-refractivity contribution in [2.45, 2.75) is 6.92 Å². The number of nitrogens with two attached hydrogens (primary N) is 1. The van der Waals surface area contributed by atoms with E-state index in [1.54, 1.807) is 19.4 Å². The van der Waals surface area contributed by atoms with E-state index in [0.29, 0.717) is 24.8 Å². The fourth-order valence-electron chi connectivity index (χ4n) is 1.56. The third-order valence-electron chi connectivity index (χ3n) is 2.31. The van der Waals surface area contributed by atoms with Gasteiger partial charge in [-0.05, 0) is 6.92 Å². The number of methoxy groups -OCH3 is 1. The van der Waals surface area contributed by atoms with Gasteiger partial charge in [0.15, 0.2) is 0 Å². The van der Waals surface area contributed by atoms with E-state index in [4.69, 9.17) is 10.5 Å². The number of rotatable bonds is 4. The largest absolute Gasteiger partial charge is 0.384 e. The standard InChI is InChI=1S/C11H15N5O/c1-7-15-9-5-10(12)14-6-8(9)11(16-7)13-3-4-17-2/h5-6H,3-4H2,1-2H3,(H2,12,14)(H,13,15,16). The van der Waals surface area contributed by atoms with E-state index < -0.39 is 0 Å². The molecule has 90 valence electrons. The molecule has 17 heavy (non-hydrogen) atoms. The second kappa shape index (κ2) is 4.92. The Morgan fingerprint density at radius 2 is 2.24 bits per heavy atom. The van der Waals surface area contributed by atoms with Crippen LogP contribution < -0.4 is 11.1 Å². The first-order valence-electron chi connectivity index (χ1n) is 5.33. The fourth-order valence-corrected chi connectivity index (χ4v) is 1.56. The van der Waals surface area contributed by atoms with E-state index in [9.17, 15) is 0 Å². The molecular formula is C11H15N5O. The van der Waals surface area contributed by atoms with Crippen LogP contribution in [0.4, 0.5) is 11.6 Å². The van der Waals surface area contributed by atoms with Gasteiger partial charge < -0.3 is 15.8 Å². The molecule has 0 fully saturated rings. The highest BCUT2D eigenvalue weighted by molar-refractivity contribution is 5.89. The van der Waals surface area contributed by atoms with Crippen LogP contribution in [-0.2, 0) is 4.74 Å². The maximum Gasteiger partial charge on any atom is 0.139 e. The van der Waals surface area contributed by atoms with Crippen molar-refractivity contribution in [2.24, 2.45) is 0 Å². The molecule has 6 heteroatoms. The average Bonchev–Trinajstić information content (AvgIpc) is 2.28. The lowest BCUT2D eigenvalue weighted by molar-refractivity contribution is 0.210. The molecule has 0 atom stereocenters. The van der Waals surface area contributed by atoms with Gasteiger partial charge >= 0.3 is 0 Å². The highest BCUT2D eigenvalue weighted by Crippen LogP contribution is 2.20. The minimum absolute atomic E-state index is 0.457. The predicted octanol–water partition coefficient (Wildman–Crippen LogP) is 0.974. The molecule has 2 aromatic heterocycles. The first kappa shape index (κ1) is 11.5. The van der Waals surface area contributed by atoms with Gasteiger partial charge in [0.1, 0.15) is 17.5 Å². The minimum atomic E-state index is 0.457. The third kappa shape index (κ3) is 2.59. The molecule has 0 bridgehead atoms. The highest BCUT2D eigenvalue weighted by Gasteiger charge is 2.06. The maximum absolute atomic E-state index is 5.63. The lowest BCUT2D eigenvalue weighted by Gasteiger charge is -2.09. The van der Waals surface area contributed by atoms with E-state index in [-0.39, 0.29) is 0 Å². The summed E-state index contributed by atoms with van der Waals surface area (Å²) in [4.78, 5) is 12.7. The minimum Gasteiger partial charge on any atom is -0.384 e. The number of nitrogens with zero attached hydrogens (tertiary/aromatic N) is 3. The Bertz CT molecular complexity index is 523. The SMILES string of the molecule is COCCNc1nc(C)nc2cc(N)ncc12. The molecule has 0 saturated carbocycles. The zero-order chi connectivity index (χ0) is 12.3. The number of hydrogen-bond acceptors (Lipinski definition) is 6. The van der Waals surface area contributed by atoms with Gasteiger partial charge in [-0.15, -0.1) is 0 Å². The van der Waals surface area contributed by atoms with Crippen molar-refractivity contribution in [3.8, 4) is 0 Å². The molecule has 2 heterocycles. The zero-order valence-corrected chi connectivity index (χ0v) is 9.90. The summed E-state index contributed by atoms with van der Waals surface area (Å²) in [6, 6.07) is 1.74. The first-order chi connectivity index (χ1) is 8.20. The number of fused-ring (bicyclic) bond motifs is 1. The molecule has 0 radical (unpaired) electrons. The van der Waals surface area contributed by atoms with Crippen LogP contribution in [0.2, 0.25) is 0 Å². The van der Waals surface area contributed by atoms with Crippen LogP contribution in [0.5, 0.6) is 0 Å². The van der Waals surface area contributed by atoms with Crippen molar-refractivity contribution in [1.82, 2.24) is 15.0 Å². The summed E-state index contributed by atoms with van der Waals surface area (Å²) in [5, 5.41) is 4.05. The van der Waals surface area contributed by atoms with E-state index >= 15 is 0 Å². The number of aryl methyl sites for hydroxylation is 1. The van der Waals surface area contributed by atoms with E-state index in [0.717, 1.165) is 16.7 Å². The average molecular weight is 233 g/mol. The van der Waals surface area contributed by atoms with Gasteiger partial charge in [0.05, 0.1) is 17.5 Å². The van der Waals surface area contributed by atoms with Crippen LogP contribution in [0.25, 0.3) is 10.9 Å². The Labute approximate surface area is 99.2 Å². The number of anilines is 2. The third-order valence-corrected chi connectivity index (χ3v) is 2.31. The molecule has 0 aliphatic rings. The highest BCUT2D eigenvalue weighted by atomic mass is 16.5. The van der Waals surface area contributed by atoms with Crippen molar-refractivity contribution < 1.29 is 4.74 Å². The molecular weight excluding hydrogens is 218 g/mol. The molecule has 0 spiro atoms. The van der Waals surface area contributed by atoms with Gasteiger partial charge in [0.2, 0.25) is 0 Å². The number of ether oxygens (including phenoxy) is 1. The molecule has 6 nitrogen and oxygen atoms in total. The molecule has 2 aromatic rings. The Morgan fingerprint density at radius 1 is 1.41 bits per heavy atom. The quantitative estimate of drug-likeness (QED) is 0.765. The van der Waals surface area contributed by atoms with Crippen molar-refractivity contribution in [3.05, 3.63) is 18.1 Å².